The van der Waals surface area contributed by atoms with E-state index in [-0.39, 0.29) is 11.2 Å². The van der Waals surface area contributed by atoms with Gasteiger partial charge >= 0.3 is 7.60 Å². The van der Waals surface area contributed by atoms with Crippen LogP contribution in [0.15, 0.2) is 66.1 Å². The highest BCUT2D eigenvalue weighted by molar-refractivity contribution is 8.16. The quantitative estimate of drug-likeness (QED) is 0.259. The molecule has 0 amide bonds. The van der Waals surface area contributed by atoms with Gasteiger partial charge in [0.2, 0.25) is 0 Å². The van der Waals surface area contributed by atoms with E-state index in [4.69, 9.17) is 4.74 Å². The Kier molecular flexibility index (Phi) is 8.86. The lowest BCUT2D eigenvalue weighted by Crippen LogP contribution is -2.33. The van der Waals surface area contributed by atoms with Crippen molar-refractivity contribution in [3.8, 4) is 5.75 Å². The van der Waals surface area contributed by atoms with Gasteiger partial charge in [-0.25, -0.2) is 4.39 Å². The Bertz CT molecular complexity index is 912. The number of rotatable bonds is 10. The summed E-state index contributed by atoms with van der Waals surface area (Å²) in [6.45, 7) is 9.43. The molecule has 0 heterocycles. The SMILES string of the molecule is C=CC(F)[C@@H](Oc1ccc(/S(=C/C)Nc2ccc(P(=O)(O)O)cc2)cc1)C(C)CC. The summed E-state index contributed by atoms with van der Waals surface area (Å²) in [5, 5.41) is 1.99. The lowest BCUT2D eigenvalue weighted by molar-refractivity contribution is 0.0772. The van der Waals surface area contributed by atoms with Gasteiger partial charge in [0, 0.05) is 10.6 Å². The Morgan fingerprint density at radius 2 is 1.80 bits per heavy atom. The van der Waals surface area contributed by atoms with Gasteiger partial charge < -0.3 is 19.2 Å². The van der Waals surface area contributed by atoms with Crippen LogP contribution in [0.5, 0.6) is 5.75 Å². The molecule has 164 valence electrons. The van der Waals surface area contributed by atoms with Crippen molar-refractivity contribution in [2.75, 3.05) is 4.72 Å². The average molecular weight is 454 g/mol. The van der Waals surface area contributed by atoms with Gasteiger partial charge in [-0.05, 0) is 73.2 Å². The van der Waals surface area contributed by atoms with Gasteiger partial charge in [0.25, 0.3) is 0 Å². The van der Waals surface area contributed by atoms with Gasteiger partial charge in [0.05, 0.1) is 5.30 Å². The molecule has 0 fully saturated rings. The van der Waals surface area contributed by atoms with Gasteiger partial charge in [-0.2, -0.15) is 0 Å². The predicted molar refractivity (Wildman–Crippen MR) is 125 cm³/mol. The molecule has 30 heavy (non-hydrogen) atoms. The lowest BCUT2D eigenvalue weighted by Gasteiger charge is -2.26. The zero-order valence-corrected chi connectivity index (χ0v) is 19.1. The van der Waals surface area contributed by atoms with Crippen molar-refractivity contribution in [3.05, 3.63) is 61.2 Å². The second-order valence-corrected chi connectivity index (χ2v) is 10.3. The van der Waals surface area contributed by atoms with E-state index >= 15 is 0 Å². The second-order valence-electron chi connectivity index (χ2n) is 6.89. The number of hydrogen-bond donors (Lipinski definition) is 3. The molecule has 0 aliphatic carbocycles. The number of ether oxygens (including phenoxy) is 1. The summed E-state index contributed by atoms with van der Waals surface area (Å²) in [4.78, 5) is 19.4. The van der Waals surface area contributed by atoms with E-state index in [2.05, 4.69) is 11.3 Å². The minimum absolute atomic E-state index is 0.0172. The van der Waals surface area contributed by atoms with Crippen LogP contribution in [0, 0.1) is 5.92 Å². The molecule has 0 saturated carbocycles. The minimum Gasteiger partial charge on any atom is -0.487 e. The molecular weight excluding hydrogens is 424 g/mol. The molecule has 0 bridgehead atoms. The third-order valence-electron chi connectivity index (χ3n) is 4.76. The predicted octanol–water partition coefficient (Wildman–Crippen LogP) is 5.28. The van der Waals surface area contributed by atoms with Crippen molar-refractivity contribution in [2.45, 2.75) is 44.4 Å². The highest BCUT2D eigenvalue weighted by Crippen LogP contribution is 2.34. The van der Waals surface area contributed by atoms with Crippen LogP contribution in [-0.4, -0.2) is 27.4 Å². The van der Waals surface area contributed by atoms with Gasteiger partial charge in [-0.15, -0.1) is 6.58 Å². The molecule has 0 aromatic heterocycles. The zero-order chi connectivity index (χ0) is 22.3. The first-order valence-electron chi connectivity index (χ1n) is 9.68. The molecule has 8 heteroatoms. The monoisotopic (exact) mass is 453 g/mol. The molecule has 5 nitrogen and oxygen atoms in total. The van der Waals surface area contributed by atoms with Crippen LogP contribution in [0.4, 0.5) is 10.1 Å². The lowest BCUT2D eigenvalue weighted by atomic mass is 9.98. The van der Waals surface area contributed by atoms with E-state index in [1.807, 2.05) is 50.4 Å². The fraction of sp³-hybridized carbons (Fsp3) is 0.318. The molecule has 0 spiro atoms. The zero-order valence-electron chi connectivity index (χ0n) is 17.4. The minimum atomic E-state index is -4.25. The number of halogens is 1. The van der Waals surface area contributed by atoms with Crippen LogP contribution in [-0.2, 0) is 4.57 Å². The Morgan fingerprint density at radius 3 is 2.27 bits per heavy atom. The summed E-state index contributed by atoms with van der Waals surface area (Å²) < 4.78 is 34.8. The molecule has 2 aromatic rings. The van der Waals surface area contributed by atoms with E-state index in [0.717, 1.165) is 17.0 Å². The van der Waals surface area contributed by atoms with Crippen LogP contribution in [0.2, 0.25) is 0 Å². The smallest absolute Gasteiger partial charge is 0.356 e. The van der Waals surface area contributed by atoms with Crippen LogP contribution < -0.4 is 14.8 Å². The Hall–Kier alpha value is -1.92. The Balaban J connectivity index is 2.13. The van der Waals surface area contributed by atoms with Crippen molar-refractivity contribution in [2.24, 2.45) is 5.92 Å². The van der Waals surface area contributed by atoms with Gasteiger partial charge in [-0.1, -0.05) is 30.6 Å². The van der Waals surface area contributed by atoms with Gasteiger partial charge in [0.15, 0.2) is 6.17 Å². The Labute approximate surface area is 180 Å². The molecule has 4 atom stereocenters. The summed E-state index contributed by atoms with van der Waals surface area (Å²) in [7, 11) is -4.68. The summed E-state index contributed by atoms with van der Waals surface area (Å²) in [6.07, 6.45) is 0.253. The average Bonchev–Trinajstić information content (AvgIpc) is 2.75. The topological polar surface area (TPSA) is 78.8 Å². The molecule has 0 saturated heterocycles. The van der Waals surface area contributed by atoms with Crippen LogP contribution >= 0.6 is 18.3 Å². The fourth-order valence-electron chi connectivity index (χ4n) is 2.79. The molecule has 0 aliphatic rings. The molecule has 2 aromatic carbocycles. The van der Waals surface area contributed by atoms with E-state index < -0.39 is 30.5 Å². The maximum Gasteiger partial charge on any atom is 0.356 e. The molecule has 0 aliphatic heterocycles. The van der Waals surface area contributed by atoms with Crippen molar-refractivity contribution in [1.29, 1.82) is 0 Å². The van der Waals surface area contributed by atoms with Crippen molar-refractivity contribution < 1.29 is 23.5 Å². The third-order valence-corrected chi connectivity index (χ3v) is 7.44. The maximum atomic E-state index is 14.2. The summed E-state index contributed by atoms with van der Waals surface area (Å²) in [5.41, 5.74) is 0.747. The standard InChI is InChI=1S/C22H29FNO4PS/c1-5-16(4)22(21(23)6-2)28-18-10-14-20(15-11-18)30(7-3)24-17-8-12-19(13-9-17)29(25,26)27/h6-16,21-22,24H,2,5H2,1,3-4H3,(H2,25,26,27)/t16?,21?,22-,30?/m0/s1. The van der Waals surface area contributed by atoms with Gasteiger partial charge in [-0.3, -0.25) is 4.57 Å². The summed E-state index contributed by atoms with van der Waals surface area (Å²) >= 11 is 0. The largest absolute Gasteiger partial charge is 0.487 e. The normalized spacial score (nSPS) is 15.8. The highest BCUT2D eigenvalue weighted by atomic mass is 32.2. The molecule has 2 rings (SSSR count). The molecular formula is C22H29FNO4PS. The Morgan fingerprint density at radius 1 is 1.20 bits per heavy atom. The van der Waals surface area contributed by atoms with Crippen LogP contribution in [0.3, 0.4) is 0 Å². The van der Waals surface area contributed by atoms with Crippen LogP contribution in [0.25, 0.3) is 0 Å². The van der Waals surface area contributed by atoms with E-state index in [1.165, 1.54) is 18.2 Å². The second kappa shape index (κ2) is 10.9. The van der Waals surface area contributed by atoms with Crippen molar-refractivity contribution >= 4 is 34.6 Å². The molecule has 0 radical (unpaired) electrons. The number of benzene rings is 2. The summed E-state index contributed by atoms with van der Waals surface area (Å²) in [6, 6.07) is 13.6. The summed E-state index contributed by atoms with van der Waals surface area (Å²) in [5.74, 6) is 0.647. The maximum absolute atomic E-state index is 14.2. The number of hydrogen-bond acceptors (Lipinski definition) is 3. The van der Waals surface area contributed by atoms with E-state index in [0.29, 0.717) is 5.75 Å². The number of anilines is 1. The number of alkyl halides is 1. The molecule has 3 N–H and O–H groups in total. The van der Waals surface area contributed by atoms with Crippen LogP contribution in [0.1, 0.15) is 27.2 Å². The molecule has 3 unspecified atom stereocenters. The van der Waals surface area contributed by atoms with Gasteiger partial charge in [0.1, 0.15) is 11.9 Å². The van der Waals surface area contributed by atoms with E-state index in [9.17, 15) is 18.7 Å². The van der Waals surface area contributed by atoms with Crippen molar-refractivity contribution in [3.63, 3.8) is 0 Å². The third kappa shape index (κ3) is 6.54. The first-order chi connectivity index (χ1) is 14.2. The van der Waals surface area contributed by atoms with Crippen molar-refractivity contribution in [1.82, 2.24) is 0 Å². The highest BCUT2D eigenvalue weighted by Gasteiger charge is 2.25. The number of nitrogens with one attached hydrogen (secondary N) is 1. The van der Waals surface area contributed by atoms with E-state index in [1.54, 1.807) is 12.1 Å². The fourth-order valence-corrected chi connectivity index (χ4v) is 4.65. The first-order valence-corrected chi connectivity index (χ1v) is 12.6. The first kappa shape index (κ1) is 24.4.